The summed E-state index contributed by atoms with van der Waals surface area (Å²) in [4.78, 5) is 15.7. The molecule has 0 radical (unpaired) electrons. The van der Waals surface area contributed by atoms with Crippen LogP contribution in [-0.2, 0) is 9.47 Å². The fourth-order valence-corrected chi connectivity index (χ4v) is 2.90. The average Bonchev–Trinajstić information content (AvgIpc) is 3.15. The summed E-state index contributed by atoms with van der Waals surface area (Å²) < 4.78 is 16.4. The standard InChI is InChI=1S/C13H13NO4/c1-16-12(15)7-5-8-9-10(17-9)13(3-2-4-13)18-11(8)14-6-7/h5-6,9-10H,2-4H2,1H3. The molecule has 2 atom stereocenters. The fourth-order valence-electron chi connectivity index (χ4n) is 2.90. The first-order chi connectivity index (χ1) is 8.73. The third kappa shape index (κ3) is 1.20. The molecule has 5 heteroatoms. The normalized spacial score (nSPS) is 29.6. The molecule has 3 heterocycles. The van der Waals surface area contributed by atoms with E-state index in [1.165, 1.54) is 19.7 Å². The Bertz CT molecular complexity index is 538. The van der Waals surface area contributed by atoms with Crippen LogP contribution in [0.4, 0.5) is 0 Å². The molecule has 1 aromatic heterocycles. The van der Waals surface area contributed by atoms with E-state index in [1.807, 2.05) is 0 Å². The van der Waals surface area contributed by atoms with Gasteiger partial charge in [0.2, 0.25) is 5.88 Å². The Morgan fingerprint density at radius 3 is 3.06 bits per heavy atom. The van der Waals surface area contributed by atoms with Gasteiger partial charge in [0.15, 0.2) is 0 Å². The third-order valence-electron chi connectivity index (χ3n) is 4.12. The maximum Gasteiger partial charge on any atom is 0.339 e. The second-order valence-electron chi connectivity index (χ2n) is 5.11. The van der Waals surface area contributed by atoms with E-state index in [1.54, 1.807) is 6.07 Å². The molecule has 5 nitrogen and oxygen atoms in total. The number of hydrogen-bond donors (Lipinski definition) is 0. The maximum atomic E-state index is 11.5. The Morgan fingerprint density at radius 1 is 1.56 bits per heavy atom. The highest BCUT2D eigenvalue weighted by Gasteiger charge is 2.64. The van der Waals surface area contributed by atoms with E-state index in [0.717, 1.165) is 18.4 Å². The van der Waals surface area contributed by atoms with Crippen molar-refractivity contribution in [3.05, 3.63) is 23.4 Å². The van der Waals surface area contributed by atoms with Crippen molar-refractivity contribution in [1.82, 2.24) is 4.98 Å². The van der Waals surface area contributed by atoms with E-state index >= 15 is 0 Å². The third-order valence-corrected chi connectivity index (χ3v) is 4.12. The number of pyridine rings is 1. The molecule has 1 spiro atoms. The summed E-state index contributed by atoms with van der Waals surface area (Å²) in [5.74, 6) is 0.229. The summed E-state index contributed by atoms with van der Waals surface area (Å²) in [6.07, 6.45) is 4.95. The van der Waals surface area contributed by atoms with Crippen LogP contribution >= 0.6 is 0 Å². The van der Waals surface area contributed by atoms with Gasteiger partial charge in [-0.25, -0.2) is 9.78 Å². The highest BCUT2D eigenvalue weighted by atomic mass is 16.6. The molecular weight excluding hydrogens is 234 g/mol. The molecule has 2 unspecified atom stereocenters. The van der Waals surface area contributed by atoms with Crippen LogP contribution in [0.3, 0.4) is 0 Å². The van der Waals surface area contributed by atoms with Crippen molar-refractivity contribution in [2.24, 2.45) is 0 Å². The van der Waals surface area contributed by atoms with Gasteiger partial charge in [0.1, 0.15) is 17.8 Å². The van der Waals surface area contributed by atoms with Gasteiger partial charge in [-0.1, -0.05) is 0 Å². The summed E-state index contributed by atoms with van der Waals surface area (Å²) in [5, 5.41) is 0. The van der Waals surface area contributed by atoms with Gasteiger partial charge in [-0.15, -0.1) is 0 Å². The van der Waals surface area contributed by atoms with Crippen molar-refractivity contribution in [3.8, 4) is 5.88 Å². The van der Waals surface area contributed by atoms with Gasteiger partial charge in [-0.3, -0.25) is 0 Å². The fraction of sp³-hybridized carbons (Fsp3) is 0.538. The second-order valence-corrected chi connectivity index (χ2v) is 5.11. The number of ether oxygens (including phenoxy) is 3. The quantitative estimate of drug-likeness (QED) is 0.557. The Balaban J connectivity index is 1.73. The van der Waals surface area contributed by atoms with E-state index < -0.39 is 0 Å². The van der Waals surface area contributed by atoms with E-state index in [9.17, 15) is 4.79 Å². The highest BCUT2D eigenvalue weighted by Crippen LogP contribution is 2.59. The zero-order valence-corrected chi connectivity index (χ0v) is 10.0. The summed E-state index contributed by atoms with van der Waals surface area (Å²) in [6, 6.07) is 1.77. The number of nitrogens with zero attached hydrogens (tertiary/aromatic N) is 1. The van der Waals surface area contributed by atoms with Crippen LogP contribution in [-0.4, -0.2) is 29.8 Å². The van der Waals surface area contributed by atoms with Gasteiger partial charge < -0.3 is 14.2 Å². The van der Waals surface area contributed by atoms with E-state index in [0.29, 0.717) is 11.4 Å². The molecule has 1 aromatic rings. The molecule has 2 fully saturated rings. The number of rotatable bonds is 1. The smallest absolute Gasteiger partial charge is 0.339 e. The molecule has 1 saturated carbocycles. The molecule has 1 aliphatic carbocycles. The van der Waals surface area contributed by atoms with Gasteiger partial charge in [0.05, 0.1) is 12.7 Å². The van der Waals surface area contributed by atoms with E-state index in [2.05, 4.69) is 9.72 Å². The molecule has 0 aromatic carbocycles. The van der Waals surface area contributed by atoms with Crippen LogP contribution < -0.4 is 4.74 Å². The van der Waals surface area contributed by atoms with Crippen molar-refractivity contribution >= 4 is 5.97 Å². The molecule has 0 amide bonds. The van der Waals surface area contributed by atoms with Crippen LogP contribution in [0.25, 0.3) is 0 Å². The topological polar surface area (TPSA) is 61.0 Å². The Labute approximate surface area is 104 Å². The first kappa shape index (κ1) is 10.3. The van der Waals surface area contributed by atoms with Crippen molar-refractivity contribution in [2.75, 3.05) is 7.11 Å². The number of aromatic nitrogens is 1. The SMILES string of the molecule is COC(=O)c1cnc2c(c1)C1OC1C1(CCC1)O2. The summed E-state index contributed by atoms with van der Waals surface area (Å²) >= 11 is 0. The lowest BCUT2D eigenvalue weighted by Gasteiger charge is -2.42. The van der Waals surface area contributed by atoms with Crippen molar-refractivity contribution in [2.45, 2.75) is 37.1 Å². The number of methoxy groups -OCH3 is 1. The minimum Gasteiger partial charge on any atom is -0.468 e. The molecule has 94 valence electrons. The molecule has 2 aliphatic heterocycles. The lowest BCUT2D eigenvalue weighted by Crippen LogP contribution is -2.50. The van der Waals surface area contributed by atoms with Crippen LogP contribution in [0.15, 0.2) is 12.3 Å². The summed E-state index contributed by atoms with van der Waals surface area (Å²) in [6.45, 7) is 0. The van der Waals surface area contributed by atoms with Gasteiger partial charge in [-0.2, -0.15) is 0 Å². The Hall–Kier alpha value is -1.62. The maximum absolute atomic E-state index is 11.5. The Morgan fingerprint density at radius 2 is 2.39 bits per heavy atom. The van der Waals surface area contributed by atoms with E-state index in [4.69, 9.17) is 9.47 Å². The zero-order valence-electron chi connectivity index (χ0n) is 10.0. The van der Waals surface area contributed by atoms with Gasteiger partial charge >= 0.3 is 5.97 Å². The van der Waals surface area contributed by atoms with Crippen LogP contribution in [0.1, 0.15) is 41.3 Å². The van der Waals surface area contributed by atoms with E-state index in [-0.39, 0.29) is 23.8 Å². The van der Waals surface area contributed by atoms with Gasteiger partial charge in [0.25, 0.3) is 0 Å². The zero-order chi connectivity index (χ0) is 12.3. The number of carbonyl (C=O) groups excluding carboxylic acids is 1. The Kier molecular flexibility index (Phi) is 1.85. The molecular formula is C13H13NO4. The first-order valence-corrected chi connectivity index (χ1v) is 6.16. The number of epoxide rings is 1. The van der Waals surface area contributed by atoms with Crippen LogP contribution in [0, 0.1) is 0 Å². The molecule has 0 bridgehead atoms. The lowest BCUT2D eigenvalue weighted by atomic mass is 9.74. The molecule has 4 rings (SSSR count). The van der Waals surface area contributed by atoms with Crippen LogP contribution in [0.5, 0.6) is 5.88 Å². The predicted octanol–water partition coefficient (Wildman–Crippen LogP) is 1.62. The predicted molar refractivity (Wildman–Crippen MR) is 60.4 cm³/mol. The number of esters is 1. The first-order valence-electron chi connectivity index (χ1n) is 6.16. The molecule has 18 heavy (non-hydrogen) atoms. The van der Waals surface area contributed by atoms with Gasteiger partial charge in [-0.05, 0) is 25.3 Å². The largest absolute Gasteiger partial charge is 0.468 e. The lowest BCUT2D eigenvalue weighted by molar-refractivity contribution is -0.0371. The molecule has 1 saturated heterocycles. The van der Waals surface area contributed by atoms with Gasteiger partial charge in [0, 0.05) is 11.8 Å². The van der Waals surface area contributed by atoms with Crippen molar-refractivity contribution < 1.29 is 19.0 Å². The van der Waals surface area contributed by atoms with Crippen molar-refractivity contribution in [1.29, 1.82) is 0 Å². The summed E-state index contributed by atoms with van der Waals surface area (Å²) in [7, 11) is 1.36. The number of hydrogen-bond acceptors (Lipinski definition) is 5. The minimum atomic E-state index is -0.383. The highest BCUT2D eigenvalue weighted by molar-refractivity contribution is 5.89. The second kappa shape index (κ2) is 3.23. The average molecular weight is 247 g/mol. The molecule has 3 aliphatic rings. The minimum absolute atomic E-state index is 0.0474. The number of carbonyl (C=O) groups is 1. The monoisotopic (exact) mass is 247 g/mol. The van der Waals surface area contributed by atoms with Crippen LogP contribution in [0.2, 0.25) is 0 Å². The number of fused-ring (bicyclic) bond motifs is 4. The molecule has 0 N–H and O–H groups in total. The summed E-state index contributed by atoms with van der Waals surface area (Å²) in [5.41, 5.74) is 1.18. The van der Waals surface area contributed by atoms with Crippen molar-refractivity contribution in [3.63, 3.8) is 0 Å².